The standard InChI is InChI=1S/C10H5BrF2O/c1-2-3-9(14)10-7(12)4-6(11)5-8(10)13/h1,4-5H,3H2. The zero-order valence-corrected chi connectivity index (χ0v) is 8.57. The van der Waals surface area contributed by atoms with Crippen LogP contribution in [-0.2, 0) is 0 Å². The van der Waals surface area contributed by atoms with E-state index in [1.807, 2.05) is 5.92 Å². The summed E-state index contributed by atoms with van der Waals surface area (Å²) >= 11 is 2.90. The molecule has 0 saturated carbocycles. The summed E-state index contributed by atoms with van der Waals surface area (Å²) in [5, 5.41) is 0. The van der Waals surface area contributed by atoms with Gasteiger partial charge in [0, 0.05) is 4.47 Å². The predicted octanol–water partition coefficient (Wildman–Crippen LogP) is 2.93. The van der Waals surface area contributed by atoms with E-state index >= 15 is 0 Å². The van der Waals surface area contributed by atoms with Crippen LogP contribution in [0.1, 0.15) is 16.8 Å². The maximum atomic E-state index is 13.1. The molecule has 0 saturated heterocycles. The van der Waals surface area contributed by atoms with Crippen molar-refractivity contribution in [2.45, 2.75) is 6.42 Å². The second kappa shape index (κ2) is 4.34. The van der Waals surface area contributed by atoms with E-state index in [0.29, 0.717) is 0 Å². The molecule has 1 rings (SSSR count). The van der Waals surface area contributed by atoms with E-state index in [4.69, 9.17) is 6.42 Å². The quantitative estimate of drug-likeness (QED) is 0.589. The van der Waals surface area contributed by atoms with Crippen LogP contribution in [0.5, 0.6) is 0 Å². The van der Waals surface area contributed by atoms with Crippen molar-refractivity contribution in [3.8, 4) is 12.3 Å². The minimum Gasteiger partial charge on any atom is -0.293 e. The Hall–Kier alpha value is -1.21. The number of carbonyl (C=O) groups excluding carboxylic acids is 1. The Labute approximate surface area is 88.3 Å². The molecule has 0 amide bonds. The van der Waals surface area contributed by atoms with Gasteiger partial charge in [-0.05, 0) is 12.1 Å². The lowest BCUT2D eigenvalue weighted by Crippen LogP contribution is -2.05. The Morgan fingerprint density at radius 2 is 1.93 bits per heavy atom. The van der Waals surface area contributed by atoms with Gasteiger partial charge in [0.15, 0.2) is 5.78 Å². The van der Waals surface area contributed by atoms with Crippen molar-refractivity contribution in [2.75, 3.05) is 0 Å². The van der Waals surface area contributed by atoms with Crippen molar-refractivity contribution in [1.82, 2.24) is 0 Å². The van der Waals surface area contributed by atoms with Gasteiger partial charge in [0.25, 0.3) is 0 Å². The number of halogens is 3. The molecule has 0 aliphatic carbocycles. The van der Waals surface area contributed by atoms with Crippen LogP contribution in [0.3, 0.4) is 0 Å². The summed E-state index contributed by atoms with van der Waals surface area (Å²) < 4.78 is 26.5. The van der Waals surface area contributed by atoms with Crippen molar-refractivity contribution in [3.63, 3.8) is 0 Å². The Morgan fingerprint density at radius 3 is 2.36 bits per heavy atom. The SMILES string of the molecule is C#CCC(=O)c1c(F)cc(Br)cc1F. The first-order valence-electron chi connectivity index (χ1n) is 3.67. The molecule has 0 N–H and O–H groups in total. The molecule has 0 aliphatic heterocycles. The lowest BCUT2D eigenvalue weighted by molar-refractivity contribution is 0.0990. The topological polar surface area (TPSA) is 17.1 Å². The van der Waals surface area contributed by atoms with Gasteiger partial charge in [-0.1, -0.05) is 21.9 Å². The van der Waals surface area contributed by atoms with Gasteiger partial charge >= 0.3 is 0 Å². The first-order valence-corrected chi connectivity index (χ1v) is 4.46. The fourth-order valence-electron chi connectivity index (χ4n) is 0.990. The lowest BCUT2D eigenvalue weighted by atomic mass is 10.1. The van der Waals surface area contributed by atoms with Gasteiger partial charge in [0.1, 0.15) is 11.6 Å². The highest BCUT2D eigenvalue weighted by Crippen LogP contribution is 2.20. The highest BCUT2D eigenvalue weighted by atomic mass is 79.9. The van der Waals surface area contributed by atoms with Gasteiger partial charge in [-0.2, -0.15) is 0 Å². The Kier molecular flexibility index (Phi) is 3.37. The van der Waals surface area contributed by atoms with Gasteiger partial charge in [-0.15, -0.1) is 6.42 Å². The molecule has 14 heavy (non-hydrogen) atoms. The van der Waals surface area contributed by atoms with E-state index < -0.39 is 23.0 Å². The molecule has 0 atom stereocenters. The van der Waals surface area contributed by atoms with Crippen LogP contribution in [0, 0.1) is 24.0 Å². The maximum absolute atomic E-state index is 13.1. The van der Waals surface area contributed by atoms with Crippen molar-refractivity contribution in [1.29, 1.82) is 0 Å². The molecule has 4 heteroatoms. The highest BCUT2D eigenvalue weighted by molar-refractivity contribution is 9.10. The van der Waals surface area contributed by atoms with E-state index in [-0.39, 0.29) is 10.9 Å². The third-order valence-electron chi connectivity index (χ3n) is 1.55. The summed E-state index contributed by atoms with van der Waals surface area (Å²) in [6, 6.07) is 2.04. The first-order chi connectivity index (χ1) is 6.56. The molecule has 0 spiro atoms. The number of benzene rings is 1. The molecule has 0 unspecified atom stereocenters. The zero-order valence-electron chi connectivity index (χ0n) is 6.98. The largest absolute Gasteiger partial charge is 0.293 e. The average molecular weight is 259 g/mol. The van der Waals surface area contributed by atoms with E-state index in [2.05, 4.69) is 15.9 Å². The molecular weight excluding hydrogens is 254 g/mol. The van der Waals surface area contributed by atoms with Crippen LogP contribution in [0.2, 0.25) is 0 Å². The van der Waals surface area contributed by atoms with Gasteiger partial charge in [0.05, 0.1) is 12.0 Å². The molecule has 0 aromatic heterocycles. The second-order valence-corrected chi connectivity index (χ2v) is 3.46. The first kappa shape index (κ1) is 10.9. The maximum Gasteiger partial charge on any atom is 0.180 e. The van der Waals surface area contributed by atoms with Gasteiger partial charge in [0.2, 0.25) is 0 Å². The number of Topliss-reactive ketones (excluding diaryl/α,β-unsaturated/α-hetero) is 1. The van der Waals surface area contributed by atoms with Crippen LogP contribution in [-0.4, -0.2) is 5.78 Å². The number of hydrogen-bond donors (Lipinski definition) is 0. The summed E-state index contributed by atoms with van der Waals surface area (Å²) in [6.07, 6.45) is 4.56. The normalized spacial score (nSPS) is 9.57. The Balaban J connectivity index is 3.22. The second-order valence-electron chi connectivity index (χ2n) is 2.55. The van der Waals surface area contributed by atoms with Gasteiger partial charge < -0.3 is 0 Å². The molecule has 0 aliphatic rings. The molecule has 0 bridgehead atoms. The molecule has 0 radical (unpaired) electrons. The number of carbonyl (C=O) groups is 1. The molecule has 1 aromatic carbocycles. The summed E-state index contributed by atoms with van der Waals surface area (Å²) in [6.45, 7) is 0. The molecule has 0 fully saturated rings. The van der Waals surface area contributed by atoms with Crippen molar-refractivity contribution in [3.05, 3.63) is 33.8 Å². The third-order valence-corrected chi connectivity index (χ3v) is 2.01. The van der Waals surface area contributed by atoms with Crippen molar-refractivity contribution in [2.24, 2.45) is 0 Å². The van der Waals surface area contributed by atoms with Gasteiger partial charge in [-0.25, -0.2) is 8.78 Å². The van der Waals surface area contributed by atoms with Crippen LogP contribution in [0.25, 0.3) is 0 Å². The fraction of sp³-hybridized carbons (Fsp3) is 0.100. The lowest BCUT2D eigenvalue weighted by Gasteiger charge is -2.02. The van der Waals surface area contributed by atoms with E-state index in [0.717, 1.165) is 12.1 Å². The van der Waals surface area contributed by atoms with Crippen molar-refractivity contribution < 1.29 is 13.6 Å². The summed E-state index contributed by atoms with van der Waals surface area (Å²) in [7, 11) is 0. The highest BCUT2D eigenvalue weighted by Gasteiger charge is 2.16. The number of ketones is 1. The summed E-state index contributed by atoms with van der Waals surface area (Å²) in [5.74, 6) is -0.497. The number of hydrogen-bond acceptors (Lipinski definition) is 1. The van der Waals surface area contributed by atoms with Crippen LogP contribution < -0.4 is 0 Å². The zero-order chi connectivity index (χ0) is 10.7. The number of rotatable bonds is 2. The average Bonchev–Trinajstić information content (AvgIpc) is 2.01. The van der Waals surface area contributed by atoms with E-state index in [1.54, 1.807) is 0 Å². The van der Waals surface area contributed by atoms with Crippen LogP contribution in [0.4, 0.5) is 8.78 Å². The molecule has 1 nitrogen and oxygen atoms in total. The monoisotopic (exact) mass is 258 g/mol. The van der Waals surface area contributed by atoms with E-state index in [9.17, 15) is 13.6 Å². The van der Waals surface area contributed by atoms with E-state index in [1.165, 1.54) is 0 Å². The Bertz CT molecular complexity index is 398. The number of terminal acetylenes is 1. The Morgan fingerprint density at radius 1 is 1.43 bits per heavy atom. The summed E-state index contributed by atoms with van der Waals surface area (Å²) in [5.41, 5.74) is -0.578. The fourth-order valence-corrected chi connectivity index (χ4v) is 1.39. The van der Waals surface area contributed by atoms with Crippen LogP contribution in [0.15, 0.2) is 16.6 Å². The van der Waals surface area contributed by atoms with Crippen LogP contribution >= 0.6 is 15.9 Å². The smallest absolute Gasteiger partial charge is 0.180 e. The summed E-state index contributed by atoms with van der Waals surface area (Å²) in [4.78, 5) is 11.2. The van der Waals surface area contributed by atoms with Gasteiger partial charge in [-0.3, -0.25) is 4.79 Å². The minimum atomic E-state index is -0.905. The molecule has 0 heterocycles. The predicted molar refractivity (Wildman–Crippen MR) is 51.8 cm³/mol. The molecule has 1 aromatic rings. The van der Waals surface area contributed by atoms with Crippen molar-refractivity contribution >= 4 is 21.7 Å². The molecular formula is C10H5BrF2O. The minimum absolute atomic E-state index is 0.241. The molecule has 72 valence electrons. The third kappa shape index (κ3) is 2.18.